The van der Waals surface area contributed by atoms with E-state index in [1.807, 2.05) is 0 Å². The second-order valence-electron chi connectivity index (χ2n) is 4.95. The molecule has 108 valence electrons. The van der Waals surface area contributed by atoms with E-state index in [0.717, 1.165) is 0 Å². The maximum absolute atomic E-state index is 13.4. The first kappa shape index (κ1) is 14.3. The monoisotopic (exact) mass is 281 g/mol. The van der Waals surface area contributed by atoms with Crippen LogP contribution >= 0.6 is 0 Å². The standard InChI is InChI=1S/C14H16FNO4/c1-14(13(18)19)7-4-8-16(14)12(17)9-20-11-6-3-2-5-10(11)15/h2-3,5-6H,4,7-9H2,1H3,(H,18,19). The van der Waals surface area contributed by atoms with E-state index in [2.05, 4.69) is 0 Å². The SMILES string of the molecule is CC1(C(=O)O)CCCN1C(=O)COc1ccccc1F. The first-order valence-corrected chi connectivity index (χ1v) is 6.36. The summed E-state index contributed by atoms with van der Waals surface area (Å²) >= 11 is 0. The minimum atomic E-state index is -1.20. The van der Waals surface area contributed by atoms with Crippen molar-refractivity contribution in [2.45, 2.75) is 25.3 Å². The molecule has 1 aliphatic heterocycles. The highest BCUT2D eigenvalue weighted by atomic mass is 19.1. The number of para-hydroxylation sites is 1. The van der Waals surface area contributed by atoms with Crippen LogP contribution in [-0.2, 0) is 9.59 Å². The molecule has 1 aromatic rings. The van der Waals surface area contributed by atoms with Gasteiger partial charge < -0.3 is 14.7 Å². The molecule has 0 saturated carbocycles. The van der Waals surface area contributed by atoms with Gasteiger partial charge in [-0.15, -0.1) is 0 Å². The summed E-state index contributed by atoms with van der Waals surface area (Å²) in [6, 6.07) is 5.77. The van der Waals surface area contributed by atoms with Gasteiger partial charge >= 0.3 is 5.97 Å². The second kappa shape index (κ2) is 5.48. The normalized spacial score (nSPS) is 21.8. The molecule has 1 saturated heterocycles. The maximum atomic E-state index is 13.4. The first-order chi connectivity index (χ1) is 9.45. The fourth-order valence-electron chi connectivity index (χ4n) is 2.36. The summed E-state index contributed by atoms with van der Waals surface area (Å²) in [6.45, 7) is 1.52. The van der Waals surface area contributed by atoms with Crippen LogP contribution in [0.2, 0.25) is 0 Å². The topological polar surface area (TPSA) is 66.8 Å². The molecule has 0 aliphatic carbocycles. The minimum Gasteiger partial charge on any atom is -0.481 e. The van der Waals surface area contributed by atoms with Gasteiger partial charge in [0.25, 0.3) is 5.91 Å². The summed E-state index contributed by atoms with van der Waals surface area (Å²) in [5.74, 6) is -2.05. The van der Waals surface area contributed by atoms with Crippen molar-refractivity contribution in [3.05, 3.63) is 30.1 Å². The molecule has 0 aromatic heterocycles. The van der Waals surface area contributed by atoms with Crippen molar-refractivity contribution < 1.29 is 23.8 Å². The molecule has 1 N–H and O–H groups in total. The van der Waals surface area contributed by atoms with Crippen molar-refractivity contribution in [2.75, 3.05) is 13.2 Å². The molecular formula is C14H16FNO4. The van der Waals surface area contributed by atoms with Gasteiger partial charge in [-0.3, -0.25) is 4.79 Å². The highest BCUT2D eigenvalue weighted by molar-refractivity contribution is 5.88. The number of carbonyl (C=O) groups is 2. The van der Waals surface area contributed by atoms with Crippen LogP contribution in [0.3, 0.4) is 0 Å². The van der Waals surface area contributed by atoms with Crippen molar-refractivity contribution in [1.82, 2.24) is 4.90 Å². The number of amides is 1. The molecular weight excluding hydrogens is 265 g/mol. The Kier molecular flexibility index (Phi) is 3.92. The van der Waals surface area contributed by atoms with Crippen LogP contribution in [0, 0.1) is 5.82 Å². The Bertz CT molecular complexity index is 534. The summed E-state index contributed by atoms with van der Waals surface area (Å²) in [5, 5.41) is 9.23. The van der Waals surface area contributed by atoms with Crippen LogP contribution in [0.5, 0.6) is 5.75 Å². The lowest BCUT2D eigenvalue weighted by molar-refractivity contribution is -0.156. The van der Waals surface area contributed by atoms with Gasteiger partial charge in [-0.25, -0.2) is 9.18 Å². The minimum absolute atomic E-state index is 0.0166. The van der Waals surface area contributed by atoms with Crippen molar-refractivity contribution >= 4 is 11.9 Å². The lowest BCUT2D eigenvalue weighted by Crippen LogP contribution is -2.52. The van der Waals surface area contributed by atoms with Crippen LogP contribution in [-0.4, -0.2) is 40.6 Å². The zero-order valence-electron chi connectivity index (χ0n) is 11.1. The summed E-state index contributed by atoms with van der Waals surface area (Å²) in [5.41, 5.74) is -1.20. The number of aliphatic carboxylic acids is 1. The number of halogens is 1. The van der Waals surface area contributed by atoms with Gasteiger partial charge in [0.15, 0.2) is 18.2 Å². The molecule has 0 bridgehead atoms. The zero-order valence-corrected chi connectivity index (χ0v) is 11.1. The predicted octanol–water partition coefficient (Wildman–Crippen LogP) is 1.67. The Morgan fingerprint density at radius 2 is 2.15 bits per heavy atom. The van der Waals surface area contributed by atoms with E-state index in [-0.39, 0.29) is 12.4 Å². The van der Waals surface area contributed by atoms with Crippen LogP contribution in [0.4, 0.5) is 4.39 Å². The summed E-state index contributed by atoms with van der Waals surface area (Å²) in [4.78, 5) is 24.6. The molecule has 1 heterocycles. The number of nitrogens with zero attached hydrogens (tertiary/aromatic N) is 1. The first-order valence-electron chi connectivity index (χ1n) is 6.36. The van der Waals surface area contributed by atoms with Crippen LogP contribution in [0.25, 0.3) is 0 Å². The van der Waals surface area contributed by atoms with Gasteiger partial charge in [0, 0.05) is 6.54 Å². The molecule has 1 aromatic carbocycles. The molecule has 1 aliphatic rings. The van der Waals surface area contributed by atoms with Crippen molar-refractivity contribution in [3.63, 3.8) is 0 Å². The van der Waals surface area contributed by atoms with E-state index in [1.165, 1.54) is 30.0 Å². The Labute approximate surface area is 116 Å². The number of hydrogen-bond donors (Lipinski definition) is 1. The third kappa shape index (κ3) is 2.59. The van der Waals surface area contributed by atoms with Gasteiger partial charge in [-0.05, 0) is 31.9 Å². The zero-order chi connectivity index (χ0) is 14.8. The molecule has 1 unspecified atom stereocenters. The molecule has 0 radical (unpaired) electrons. The smallest absolute Gasteiger partial charge is 0.329 e. The largest absolute Gasteiger partial charge is 0.481 e. The quantitative estimate of drug-likeness (QED) is 0.911. The Balaban J connectivity index is 2.02. The third-order valence-electron chi connectivity index (χ3n) is 3.59. The summed E-state index contributed by atoms with van der Waals surface area (Å²) in [6.07, 6.45) is 1.04. The van der Waals surface area contributed by atoms with Crippen LogP contribution < -0.4 is 4.74 Å². The predicted molar refractivity (Wildman–Crippen MR) is 68.9 cm³/mol. The average molecular weight is 281 g/mol. The average Bonchev–Trinajstić information content (AvgIpc) is 2.81. The van der Waals surface area contributed by atoms with E-state index in [1.54, 1.807) is 6.07 Å². The lowest BCUT2D eigenvalue weighted by Gasteiger charge is -2.31. The van der Waals surface area contributed by atoms with Gasteiger partial charge in [0.05, 0.1) is 0 Å². The van der Waals surface area contributed by atoms with Gasteiger partial charge in [0.1, 0.15) is 5.54 Å². The molecule has 6 heteroatoms. The fourth-order valence-corrected chi connectivity index (χ4v) is 2.36. The van der Waals surface area contributed by atoms with E-state index in [0.29, 0.717) is 19.4 Å². The summed E-state index contributed by atoms with van der Waals surface area (Å²) in [7, 11) is 0. The van der Waals surface area contributed by atoms with E-state index in [4.69, 9.17) is 4.74 Å². The van der Waals surface area contributed by atoms with E-state index in [9.17, 15) is 19.1 Å². The van der Waals surface area contributed by atoms with Gasteiger partial charge in [-0.1, -0.05) is 12.1 Å². The Morgan fingerprint density at radius 3 is 2.80 bits per heavy atom. The highest BCUT2D eigenvalue weighted by Gasteiger charge is 2.45. The molecule has 2 rings (SSSR count). The van der Waals surface area contributed by atoms with Gasteiger partial charge in [0.2, 0.25) is 0 Å². The Hall–Kier alpha value is -2.11. The second-order valence-corrected chi connectivity index (χ2v) is 4.95. The van der Waals surface area contributed by atoms with Crippen molar-refractivity contribution in [2.24, 2.45) is 0 Å². The molecule has 20 heavy (non-hydrogen) atoms. The number of likely N-dealkylation sites (tertiary alicyclic amines) is 1. The van der Waals surface area contributed by atoms with Crippen molar-refractivity contribution in [3.8, 4) is 5.75 Å². The van der Waals surface area contributed by atoms with Crippen LogP contribution in [0.15, 0.2) is 24.3 Å². The van der Waals surface area contributed by atoms with Crippen molar-refractivity contribution in [1.29, 1.82) is 0 Å². The number of carbonyl (C=O) groups excluding carboxylic acids is 1. The number of benzene rings is 1. The molecule has 1 atom stereocenters. The van der Waals surface area contributed by atoms with Crippen LogP contribution in [0.1, 0.15) is 19.8 Å². The molecule has 5 nitrogen and oxygen atoms in total. The molecule has 0 spiro atoms. The summed E-state index contributed by atoms with van der Waals surface area (Å²) < 4.78 is 18.5. The Morgan fingerprint density at radius 1 is 1.45 bits per heavy atom. The number of ether oxygens (including phenoxy) is 1. The van der Waals surface area contributed by atoms with E-state index >= 15 is 0 Å². The third-order valence-corrected chi connectivity index (χ3v) is 3.59. The molecule has 1 fully saturated rings. The number of carboxylic acid groups (broad SMARTS) is 1. The maximum Gasteiger partial charge on any atom is 0.329 e. The lowest BCUT2D eigenvalue weighted by atomic mass is 9.99. The highest BCUT2D eigenvalue weighted by Crippen LogP contribution is 2.29. The molecule has 1 amide bonds. The number of rotatable bonds is 4. The van der Waals surface area contributed by atoms with Gasteiger partial charge in [-0.2, -0.15) is 0 Å². The number of hydrogen-bond acceptors (Lipinski definition) is 3. The number of carboxylic acids is 1. The fraction of sp³-hybridized carbons (Fsp3) is 0.429. The van der Waals surface area contributed by atoms with E-state index < -0.39 is 23.2 Å².